The first-order valence-corrected chi connectivity index (χ1v) is 10.8. The van der Waals surface area contributed by atoms with Crippen molar-refractivity contribution in [2.45, 2.75) is 6.92 Å². The zero-order chi connectivity index (χ0) is 24.5. The third kappa shape index (κ3) is 6.58. The number of aryl methyl sites for hydroxylation is 1. The Morgan fingerprint density at radius 1 is 0.771 bits per heavy atom. The summed E-state index contributed by atoms with van der Waals surface area (Å²) < 4.78 is 13.4. The van der Waals surface area contributed by atoms with Gasteiger partial charge < -0.3 is 16.0 Å². The molecule has 1 amide bonds. The van der Waals surface area contributed by atoms with E-state index in [0.717, 1.165) is 39.3 Å². The zero-order valence-electron chi connectivity index (χ0n) is 18.9. The molecule has 0 aliphatic rings. The molecule has 0 unspecified atom stereocenters. The lowest BCUT2D eigenvalue weighted by Gasteiger charge is -2.10. The van der Waals surface area contributed by atoms with E-state index in [1.807, 2.05) is 67.6 Å². The van der Waals surface area contributed by atoms with E-state index < -0.39 is 0 Å². The van der Waals surface area contributed by atoms with Gasteiger partial charge in [-0.3, -0.25) is 9.78 Å². The lowest BCUT2D eigenvalue weighted by atomic mass is 10.1. The quantitative estimate of drug-likeness (QED) is 0.258. The number of halogens is 1. The average molecular weight is 467 g/mol. The van der Waals surface area contributed by atoms with Gasteiger partial charge in [-0.2, -0.15) is 10.2 Å². The molecule has 0 aliphatic heterocycles. The molecule has 7 nitrogen and oxygen atoms in total. The molecular formula is C27H23FN6O. The van der Waals surface area contributed by atoms with Crippen LogP contribution in [0.5, 0.6) is 0 Å². The van der Waals surface area contributed by atoms with Crippen LogP contribution in [0.1, 0.15) is 5.56 Å². The van der Waals surface area contributed by atoms with Crippen molar-refractivity contribution in [2.75, 3.05) is 16.0 Å². The molecule has 0 radical (unpaired) electrons. The number of hydrogen-bond acceptors (Lipinski definition) is 6. The van der Waals surface area contributed by atoms with Gasteiger partial charge in [-0.1, -0.05) is 18.2 Å². The van der Waals surface area contributed by atoms with Crippen LogP contribution in [0.25, 0.3) is 10.9 Å². The van der Waals surface area contributed by atoms with Crippen LogP contribution in [0.15, 0.2) is 97.5 Å². The van der Waals surface area contributed by atoms with E-state index in [0.29, 0.717) is 6.41 Å². The van der Waals surface area contributed by atoms with Crippen LogP contribution in [0.3, 0.4) is 0 Å². The summed E-state index contributed by atoms with van der Waals surface area (Å²) in [7, 11) is 0. The highest BCUT2D eigenvalue weighted by Crippen LogP contribution is 2.26. The first kappa shape index (κ1) is 23.3. The van der Waals surface area contributed by atoms with E-state index in [-0.39, 0.29) is 5.82 Å². The second-order valence-electron chi connectivity index (χ2n) is 7.61. The highest BCUT2D eigenvalue weighted by Gasteiger charge is 2.04. The molecule has 0 bridgehead atoms. The SMILES string of the molecule is Cc1cccc(Nc2ccnc3ccc(F)cc23)c1.O=CNc1cccc(Nc2ccnnc2)c1. The van der Waals surface area contributed by atoms with Crippen LogP contribution >= 0.6 is 0 Å². The van der Waals surface area contributed by atoms with Crippen LogP contribution in [-0.4, -0.2) is 21.6 Å². The number of anilines is 5. The van der Waals surface area contributed by atoms with E-state index in [1.165, 1.54) is 17.7 Å². The summed E-state index contributed by atoms with van der Waals surface area (Å²) >= 11 is 0. The Morgan fingerprint density at radius 3 is 2.34 bits per heavy atom. The predicted molar refractivity (Wildman–Crippen MR) is 138 cm³/mol. The fourth-order valence-electron chi connectivity index (χ4n) is 3.39. The first-order valence-electron chi connectivity index (χ1n) is 10.8. The fraction of sp³-hybridized carbons (Fsp3) is 0.0370. The summed E-state index contributed by atoms with van der Waals surface area (Å²) in [5.74, 6) is -0.257. The Hall–Kier alpha value is -4.85. The van der Waals surface area contributed by atoms with Gasteiger partial charge >= 0.3 is 0 Å². The molecule has 35 heavy (non-hydrogen) atoms. The number of fused-ring (bicyclic) bond motifs is 1. The lowest BCUT2D eigenvalue weighted by Crippen LogP contribution is -1.96. The van der Waals surface area contributed by atoms with E-state index in [1.54, 1.807) is 24.7 Å². The number of nitrogens with zero attached hydrogens (tertiary/aromatic N) is 3. The van der Waals surface area contributed by atoms with Gasteiger partial charge in [0.05, 0.1) is 23.6 Å². The molecule has 3 N–H and O–H groups in total. The van der Waals surface area contributed by atoms with Crippen molar-refractivity contribution < 1.29 is 9.18 Å². The summed E-state index contributed by atoms with van der Waals surface area (Å²) in [6.45, 7) is 2.04. The second-order valence-corrected chi connectivity index (χ2v) is 7.61. The fourth-order valence-corrected chi connectivity index (χ4v) is 3.39. The topological polar surface area (TPSA) is 91.8 Å². The Morgan fingerprint density at radius 2 is 1.57 bits per heavy atom. The molecule has 3 aromatic carbocycles. The molecule has 5 rings (SSSR count). The van der Waals surface area contributed by atoms with E-state index >= 15 is 0 Å². The maximum absolute atomic E-state index is 13.4. The Labute approximate surface area is 202 Å². The molecule has 2 aromatic heterocycles. The largest absolute Gasteiger partial charge is 0.355 e. The number of amides is 1. The van der Waals surface area contributed by atoms with E-state index in [9.17, 15) is 9.18 Å². The van der Waals surface area contributed by atoms with E-state index in [4.69, 9.17) is 0 Å². The number of rotatable bonds is 6. The summed E-state index contributed by atoms with van der Waals surface area (Å²) in [6.07, 6.45) is 5.60. The number of hydrogen-bond donors (Lipinski definition) is 3. The van der Waals surface area contributed by atoms with Crippen molar-refractivity contribution >= 4 is 45.7 Å². The molecule has 0 spiro atoms. The van der Waals surface area contributed by atoms with Gasteiger partial charge in [0.25, 0.3) is 0 Å². The summed E-state index contributed by atoms with van der Waals surface area (Å²) in [4.78, 5) is 14.5. The lowest BCUT2D eigenvalue weighted by molar-refractivity contribution is -0.105. The predicted octanol–water partition coefficient (Wildman–Crippen LogP) is 6.21. The molecule has 5 aromatic rings. The normalized spacial score (nSPS) is 10.1. The van der Waals surface area contributed by atoms with Crippen molar-refractivity contribution in [2.24, 2.45) is 0 Å². The van der Waals surface area contributed by atoms with Crippen LogP contribution in [0.2, 0.25) is 0 Å². The molecule has 8 heteroatoms. The van der Waals surface area contributed by atoms with Gasteiger partial charge in [-0.05, 0) is 73.2 Å². The van der Waals surface area contributed by atoms with Gasteiger partial charge in [0.1, 0.15) is 5.82 Å². The molecule has 0 saturated carbocycles. The molecule has 0 fully saturated rings. The number of nitrogens with one attached hydrogen (secondary N) is 3. The van der Waals surface area contributed by atoms with Crippen molar-refractivity contribution in [3.05, 3.63) is 109 Å². The number of aromatic nitrogens is 3. The molecule has 0 saturated heterocycles. The summed E-state index contributed by atoms with van der Waals surface area (Å²) in [5, 5.41) is 17.3. The van der Waals surface area contributed by atoms with E-state index in [2.05, 4.69) is 31.1 Å². The van der Waals surface area contributed by atoms with Gasteiger partial charge in [-0.15, -0.1) is 0 Å². The molecule has 2 heterocycles. The van der Waals surface area contributed by atoms with Gasteiger partial charge in [0.15, 0.2) is 0 Å². The molecule has 0 atom stereocenters. The monoisotopic (exact) mass is 466 g/mol. The van der Waals surface area contributed by atoms with Crippen LogP contribution in [0, 0.1) is 12.7 Å². The summed E-state index contributed by atoms with van der Waals surface area (Å²) in [6, 6.07) is 23.7. The highest BCUT2D eigenvalue weighted by molar-refractivity contribution is 5.92. The first-order chi connectivity index (χ1) is 17.1. The minimum absolute atomic E-state index is 0.257. The smallest absolute Gasteiger partial charge is 0.211 e. The number of pyridine rings is 1. The maximum atomic E-state index is 13.4. The Bertz CT molecular complexity index is 1430. The minimum Gasteiger partial charge on any atom is -0.355 e. The number of carbonyl (C=O) groups excluding carboxylic acids is 1. The van der Waals surface area contributed by atoms with Crippen molar-refractivity contribution in [1.29, 1.82) is 0 Å². The average Bonchev–Trinajstić information content (AvgIpc) is 2.86. The van der Waals surface area contributed by atoms with Gasteiger partial charge in [0.2, 0.25) is 6.41 Å². The van der Waals surface area contributed by atoms with Gasteiger partial charge in [0, 0.05) is 34.3 Å². The zero-order valence-corrected chi connectivity index (χ0v) is 18.9. The number of benzene rings is 3. The van der Waals surface area contributed by atoms with Crippen molar-refractivity contribution in [1.82, 2.24) is 15.2 Å². The second kappa shape index (κ2) is 11.3. The third-order valence-corrected chi connectivity index (χ3v) is 4.96. The highest BCUT2D eigenvalue weighted by atomic mass is 19.1. The molecule has 174 valence electrons. The Kier molecular flexibility index (Phi) is 7.55. The van der Waals surface area contributed by atoms with Crippen LogP contribution < -0.4 is 16.0 Å². The standard InChI is InChI=1S/C16H13FN2.C11H10N4O/c1-11-3-2-4-13(9-11)19-16-7-8-18-15-6-5-12(17)10-14(15)16;16-8-12-9-2-1-3-10(6-9)15-11-4-5-13-14-7-11/h2-10H,1H3,(H,18,19);1-8H,(H,12,16)(H,13,15). The molecular weight excluding hydrogens is 443 g/mol. The minimum atomic E-state index is -0.257. The summed E-state index contributed by atoms with van der Waals surface area (Å²) in [5.41, 5.74) is 6.25. The number of carbonyl (C=O) groups is 1. The van der Waals surface area contributed by atoms with Crippen molar-refractivity contribution in [3.63, 3.8) is 0 Å². The van der Waals surface area contributed by atoms with Crippen LogP contribution in [0.4, 0.5) is 32.8 Å². The van der Waals surface area contributed by atoms with Gasteiger partial charge in [-0.25, -0.2) is 4.39 Å². The van der Waals surface area contributed by atoms with Crippen LogP contribution in [-0.2, 0) is 4.79 Å². The maximum Gasteiger partial charge on any atom is 0.211 e. The molecule has 0 aliphatic carbocycles. The van der Waals surface area contributed by atoms with Crippen molar-refractivity contribution in [3.8, 4) is 0 Å². The Balaban J connectivity index is 0.000000168. The third-order valence-electron chi connectivity index (χ3n) is 4.96.